The summed E-state index contributed by atoms with van der Waals surface area (Å²) in [5.74, 6) is -0.143. The molecule has 0 aliphatic carbocycles. The summed E-state index contributed by atoms with van der Waals surface area (Å²) in [5, 5.41) is 3.19. The second-order valence-electron chi connectivity index (χ2n) is 4.54. The molecule has 1 N–H and O–H groups in total. The first-order chi connectivity index (χ1) is 9.51. The molecule has 2 unspecified atom stereocenters. The van der Waals surface area contributed by atoms with Crippen molar-refractivity contribution in [3.8, 4) is 5.75 Å². The zero-order chi connectivity index (χ0) is 14.7. The predicted molar refractivity (Wildman–Crippen MR) is 73.8 cm³/mol. The third-order valence-corrected chi connectivity index (χ3v) is 3.22. The molecule has 0 fully saturated rings. The molecule has 1 aliphatic rings. The number of fused-ring (bicyclic) bond motifs is 1. The zero-order valence-corrected chi connectivity index (χ0v) is 12.1. The van der Waals surface area contributed by atoms with Gasteiger partial charge in [0.05, 0.1) is 6.61 Å². The van der Waals surface area contributed by atoms with Crippen LogP contribution < -0.4 is 10.1 Å². The lowest BCUT2D eigenvalue weighted by Crippen LogP contribution is -2.45. The van der Waals surface area contributed by atoms with Crippen molar-refractivity contribution in [1.82, 2.24) is 5.32 Å². The standard InChI is InChI=1S/C14H16ClNO4/c1-3-19-14(18)8(2)16-13(17)12-7-9-6-10(15)4-5-11(9)20-12/h4-6,8,12H,3,7H2,1-2H3,(H,16,17). The third kappa shape index (κ3) is 3.22. The van der Waals surface area contributed by atoms with Gasteiger partial charge in [-0.3, -0.25) is 4.79 Å². The van der Waals surface area contributed by atoms with E-state index in [2.05, 4.69) is 5.32 Å². The van der Waals surface area contributed by atoms with E-state index in [1.54, 1.807) is 32.0 Å². The van der Waals surface area contributed by atoms with Crippen molar-refractivity contribution in [2.24, 2.45) is 0 Å². The molecule has 5 nitrogen and oxygen atoms in total. The number of halogens is 1. The molecule has 0 radical (unpaired) electrons. The molecule has 0 saturated heterocycles. The first kappa shape index (κ1) is 14.7. The Hall–Kier alpha value is -1.75. The van der Waals surface area contributed by atoms with E-state index in [4.69, 9.17) is 21.1 Å². The van der Waals surface area contributed by atoms with Crippen LogP contribution in [0.3, 0.4) is 0 Å². The highest BCUT2D eigenvalue weighted by molar-refractivity contribution is 6.30. The Balaban J connectivity index is 1.94. The number of benzene rings is 1. The zero-order valence-electron chi connectivity index (χ0n) is 11.3. The van der Waals surface area contributed by atoms with E-state index in [9.17, 15) is 9.59 Å². The molecule has 2 rings (SSSR count). The summed E-state index contributed by atoms with van der Waals surface area (Å²) < 4.78 is 10.4. The summed E-state index contributed by atoms with van der Waals surface area (Å²) in [7, 11) is 0. The number of hydrogen-bond acceptors (Lipinski definition) is 4. The van der Waals surface area contributed by atoms with Crippen LogP contribution in [0.15, 0.2) is 18.2 Å². The van der Waals surface area contributed by atoms with Gasteiger partial charge in [-0.05, 0) is 37.6 Å². The van der Waals surface area contributed by atoms with Crippen molar-refractivity contribution in [1.29, 1.82) is 0 Å². The van der Waals surface area contributed by atoms with Gasteiger partial charge in [0, 0.05) is 11.4 Å². The number of nitrogens with one attached hydrogen (secondary N) is 1. The highest BCUT2D eigenvalue weighted by atomic mass is 35.5. The number of carbonyl (C=O) groups excluding carboxylic acids is 2. The van der Waals surface area contributed by atoms with Gasteiger partial charge in [0.25, 0.3) is 5.91 Å². The SMILES string of the molecule is CCOC(=O)C(C)NC(=O)C1Cc2cc(Cl)ccc2O1. The van der Waals surface area contributed by atoms with Gasteiger partial charge in [0.1, 0.15) is 11.8 Å². The topological polar surface area (TPSA) is 64.6 Å². The van der Waals surface area contributed by atoms with Crippen molar-refractivity contribution in [3.63, 3.8) is 0 Å². The molecule has 0 aromatic heterocycles. The molecule has 1 heterocycles. The summed E-state index contributed by atoms with van der Waals surface area (Å²) in [4.78, 5) is 23.5. The van der Waals surface area contributed by atoms with Gasteiger partial charge in [-0.2, -0.15) is 0 Å². The fourth-order valence-electron chi connectivity index (χ4n) is 2.00. The first-order valence-electron chi connectivity index (χ1n) is 6.43. The van der Waals surface area contributed by atoms with Crippen LogP contribution in [0.4, 0.5) is 0 Å². The van der Waals surface area contributed by atoms with Crippen molar-refractivity contribution in [3.05, 3.63) is 28.8 Å². The second kappa shape index (κ2) is 6.13. The molecule has 0 saturated carbocycles. The van der Waals surface area contributed by atoms with Crippen molar-refractivity contribution < 1.29 is 19.1 Å². The van der Waals surface area contributed by atoms with Gasteiger partial charge in [0.15, 0.2) is 6.10 Å². The molecule has 0 bridgehead atoms. The van der Waals surface area contributed by atoms with Crippen LogP contribution in [-0.2, 0) is 20.7 Å². The van der Waals surface area contributed by atoms with Gasteiger partial charge in [-0.15, -0.1) is 0 Å². The maximum atomic E-state index is 12.0. The quantitative estimate of drug-likeness (QED) is 0.859. The van der Waals surface area contributed by atoms with E-state index < -0.39 is 18.1 Å². The lowest BCUT2D eigenvalue weighted by molar-refractivity contribution is -0.147. The molecule has 108 valence electrons. The lowest BCUT2D eigenvalue weighted by Gasteiger charge is -2.15. The van der Waals surface area contributed by atoms with Crippen LogP contribution >= 0.6 is 11.6 Å². The van der Waals surface area contributed by atoms with Crippen molar-refractivity contribution in [2.75, 3.05) is 6.61 Å². The number of rotatable bonds is 4. The van der Waals surface area contributed by atoms with Crippen LogP contribution in [0.2, 0.25) is 5.02 Å². The van der Waals surface area contributed by atoms with E-state index in [1.165, 1.54) is 0 Å². The molecule has 1 aromatic rings. The van der Waals surface area contributed by atoms with Gasteiger partial charge in [-0.1, -0.05) is 11.6 Å². The Bertz CT molecular complexity index is 532. The summed E-state index contributed by atoms with van der Waals surface area (Å²) in [6.45, 7) is 3.57. The van der Waals surface area contributed by atoms with Gasteiger partial charge >= 0.3 is 5.97 Å². The summed E-state index contributed by atoms with van der Waals surface area (Å²) in [6.07, 6.45) is -0.197. The Morgan fingerprint density at radius 1 is 1.55 bits per heavy atom. The van der Waals surface area contributed by atoms with Crippen LogP contribution in [0.25, 0.3) is 0 Å². The maximum Gasteiger partial charge on any atom is 0.328 e. The fourth-order valence-corrected chi connectivity index (χ4v) is 2.19. The van der Waals surface area contributed by atoms with E-state index in [0.717, 1.165) is 5.56 Å². The van der Waals surface area contributed by atoms with E-state index in [0.29, 0.717) is 17.2 Å². The second-order valence-corrected chi connectivity index (χ2v) is 4.98. The minimum absolute atomic E-state index is 0.281. The molecule has 20 heavy (non-hydrogen) atoms. The molecule has 2 atom stereocenters. The number of amides is 1. The third-order valence-electron chi connectivity index (χ3n) is 2.99. The molecule has 1 aromatic carbocycles. The molecule has 1 aliphatic heterocycles. The Kier molecular flexibility index (Phi) is 4.49. The Morgan fingerprint density at radius 2 is 2.30 bits per heavy atom. The van der Waals surface area contributed by atoms with Crippen LogP contribution in [0.1, 0.15) is 19.4 Å². The van der Waals surface area contributed by atoms with Crippen LogP contribution in [0, 0.1) is 0 Å². The van der Waals surface area contributed by atoms with Gasteiger partial charge < -0.3 is 14.8 Å². The minimum Gasteiger partial charge on any atom is -0.480 e. The van der Waals surface area contributed by atoms with E-state index >= 15 is 0 Å². The lowest BCUT2D eigenvalue weighted by atomic mass is 10.1. The Labute approximate surface area is 122 Å². The summed E-state index contributed by atoms with van der Waals surface area (Å²) in [5.41, 5.74) is 0.890. The highest BCUT2D eigenvalue weighted by Crippen LogP contribution is 2.31. The molecule has 1 amide bonds. The van der Waals surface area contributed by atoms with Crippen molar-refractivity contribution in [2.45, 2.75) is 32.4 Å². The minimum atomic E-state index is -0.696. The molecular weight excluding hydrogens is 282 g/mol. The normalized spacial score (nSPS) is 17.9. The average Bonchev–Trinajstić information content (AvgIpc) is 2.81. The monoisotopic (exact) mass is 297 g/mol. The average molecular weight is 298 g/mol. The number of esters is 1. The molecule has 6 heteroatoms. The van der Waals surface area contributed by atoms with E-state index in [-0.39, 0.29) is 12.5 Å². The fraction of sp³-hybridized carbons (Fsp3) is 0.429. The van der Waals surface area contributed by atoms with Crippen LogP contribution in [0.5, 0.6) is 5.75 Å². The maximum absolute atomic E-state index is 12.0. The van der Waals surface area contributed by atoms with E-state index in [1.807, 2.05) is 0 Å². The largest absolute Gasteiger partial charge is 0.480 e. The van der Waals surface area contributed by atoms with Crippen molar-refractivity contribution >= 4 is 23.5 Å². The molecule has 0 spiro atoms. The molecular formula is C14H16ClNO4. The number of carbonyl (C=O) groups is 2. The van der Waals surface area contributed by atoms with Gasteiger partial charge in [0.2, 0.25) is 0 Å². The van der Waals surface area contributed by atoms with Crippen LogP contribution in [-0.4, -0.2) is 30.6 Å². The predicted octanol–water partition coefficient (Wildman–Crippen LogP) is 1.71. The summed E-state index contributed by atoms with van der Waals surface area (Å²) >= 11 is 5.89. The first-order valence-corrected chi connectivity index (χ1v) is 6.81. The highest BCUT2D eigenvalue weighted by Gasteiger charge is 2.31. The van der Waals surface area contributed by atoms with Gasteiger partial charge in [-0.25, -0.2) is 4.79 Å². The Morgan fingerprint density at radius 3 is 3.00 bits per heavy atom. The number of ether oxygens (including phenoxy) is 2. The summed E-state index contributed by atoms with van der Waals surface area (Å²) in [6, 6.07) is 4.53. The smallest absolute Gasteiger partial charge is 0.328 e. The number of hydrogen-bond donors (Lipinski definition) is 1.